The van der Waals surface area contributed by atoms with Crippen LogP contribution in [-0.2, 0) is 5.41 Å². The van der Waals surface area contributed by atoms with Crippen molar-refractivity contribution in [3.63, 3.8) is 0 Å². The third-order valence-electron chi connectivity index (χ3n) is 5.09. The first kappa shape index (κ1) is 29.6. The van der Waals surface area contributed by atoms with Crippen molar-refractivity contribution in [3.05, 3.63) is 82.9 Å². The van der Waals surface area contributed by atoms with E-state index >= 15 is 0 Å². The normalized spacial score (nSPS) is 11.9. The van der Waals surface area contributed by atoms with E-state index in [1.54, 1.807) is 6.07 Å². The molecule has 3 aromatic carbocycles. The van der Waals surface area contributed by atoms with Gasteiger partial charge in [-0.25, -0.2) is 0 Å². The maximum atomic E-state index is 13.8. The zero-order valence-corrected chi connectivity index (χ0v) is 19.7. The number of alkyl halides is 6. The number of hydrogen-bond acceptors (Lipinski definition) is 6. The van der Waals surface area contributed by atoms with E-state index in [2.05, 4.69) is 0 Å². The van der Waals surface area contributed by atoms with Crippen molar-refractivity contribution in [1.82, 2.24) is 0 Å². The third kappa shape index (κ3) is 6.03. The van der Waals surface area contributed by atoms with Gasteiger partial charge < -0.3 is 21.7 Å². The Morgan fingerprint density at radius 3 is 1.27 bits per heavy atom. The zero-order chi connectivity index (χ0) is 28.3. The number of benzene rings is 3. The van der Waals surface area contributed by atoms with E-state index < -0.39 is 62.3 Å². The summed E-state index contributed by atoms with van der Waals surface area (Å²) in [6.45, 7) is 0. The molecule has 14 heteroatoms. The molecule has 3 aromatic rings. The van der Waals surface area contributed by atoms with Crippen LogP contribution in [0.15, 0.2) is 60.7 Å². The molecule has 6 N–H and O–H groups in total. The van der Waals surface area contributed by atoms with Crippen molar-refractivity contribution in [2.75, 3.05) is 11.5 Å². The molecule has 0 fully saturated rings. The van der Waals surface area contributed by atoms with Crippen LogP contribution in [0.2, 0.25) is 0 Å². The lowest BCUT2D eigenvalue weighted by molar-refractivity contribution is -0.288. The number of hydrogen-bond donors (Lipinski definition) is 4. The second-order valence-corrected chi connectivity index (χ2v) is 8.11. The van der Waals surface area contributed by atoms with Crippen LogP contribution in [0.1, 0.15) is 31.8 Å². The summed E-state index contributed by atoms with van der Waals surface area (Å²) < 4.78 is 82.7. The summed E-state index contributed by atoms with van der Waals surface area (Å²) in [6.07, 6.45) is -11.6. The van der Waals surface area contributed by atoms with Crippen LogP contribution >= 0.6 is 23.2 Å². The van der Waals surface area contributed by atoms with Crippen LogP contribution in [0.5, 0.6) is 11.5 Å². The van der Waals surface area contributed by atoms with Gasteiger partial charge in [0.05, 0.1) is 11.4 Å². The molecule has 0 saturated heterocycles. The highest BCUT2D eigenvalue weighted by molar-refractivity contribution is 6.69. The van der Waals surface area contributed by atoms with Crippen molar-refractivity contribution in [3.8, 4) is 11.5 Å². The SMILES string of the molecule is Nc1cc(C(c2ccc(O)c(N)c2)(C(F)(F)F)C(F)(F)F)ccc1O.O=C(Cl)c1cccc(C(=O)Cl)c1. The number of aromatic hydroxyl groups is 2. The molecule has 0 amide bonds. The van der Waals surface area contributed by atoms with E-state index in [0.29, 0.717) is 36.4 Å². The lowest BCUT2D eigenvalue weighted by Crippen LogP contribution is -2.54. The van der Waals surface area contributed by atoms with Crippen LogP contribution < -0.4 is 11.5 Å². The number of halogens is 8. The number of anilines is 2. The van der Waals surface area contributed by atoms with Crippen LogP contribution in [0.4, 0.5) is 37.7 Å². The van der Waals surface area contributed by atoms with Gasteiger partial charge in [-0.05, 0) is 64.7 Å². The number of rotatable bonds is 4. The maximum absolute atomic E-state index is 13.8. The van der Waals surface area contributed by atoms with Gasteiger partial charge in [0.15, 0.2) is 0 Å². The molecule has 0 spiro atoms. The highest BCUT2D eigenvalue weighted by Gasteiger charge is 2.72. The number of carbonyl (C=O) groups excluding carboxylic acids is 2. The molecule has 6 nitrogen and oxygen atoms in total. The van der Waals surface area contributed by atoms with Crippen molar-refractivity contribution in [1.29, 1.82) is 0 Å². The topological polar surface area (TPSA) is 127 Å². The van der Waals surface area contributed by atoms with E-state index in [1.165, 1.54) is 18.2 Å². The summed E-state index contributed by atoms with van der Waals surface area (Å²) in [7, 11) is 0. The molecule has 0 saturated carbocycles. The Morgan fingerprint density at radius 1 is 0.649 bits per heavy atom. The Kier molecular flexibility index (Phi) is 8.61. The summed E-state index contributed by atoms with van der Waals surface area (Å²) in [5.74, 6) is -1.32. The highest BCUT2D eigenvalue weighted by Crippen LogP contribution is 2.57. The quantitative estimate of drug-likeness (QED) is 0.130. The van der Waals surface area contributed by atoms with E-state index in [0.717, 1.165) is 0 Å². The fraction of sp³-hybridized carbons (Fsp3) is 0.130. The summed E-state index contributed by atoms with van der Waals surface area (Å²) in [4.78, 5) is 21.3. The average Bonchev–Trinajstić information content (AvgIpc) is 2.77. The lowest BCUT2D eigenvalue weighted by Gasteiger charge is -2.38. The number of phenolic OH excluding ortho intramolecular Hbond substituents is 2. The first-order valence-corrected chi connectivity index (χ1v) is 10.5. The first-order valence-electron chi connectivity index (χ1n) is 9.74. The van der Waals surface area contributed by atoms with Crippen LogP contribution in [0, 0.1) is 0 Å². The molecule has 37 heavy (non-hydrogen) atoms. The molecule has 0 aliphatic rings. The second-order valence-electron chi connectivity index (χ2n) is 7.42. The molecule has 0 unspecified atom stereocenters. The zero-order valence-electron chi connectivity index (χ0n) is 18.2. The molecule has 0 atom stereocenters. The Balaban J connectivity index is 0.000000335. The Labute approximate surface area is 215 Å². The molecule has 0 aliphatic heterocycles. The van der Waals surface area contributed by atoms with Crippen molar-refractivity contribution < 1.29 is 46.1 Å². The molecule has 0 aliphatic carbocycles. The summed E-state index contributed by atoms with van der Waals surface area (Å²) in [5, 5.41) is 17.4. The smallest absolute Gasteiger partial charge is 0.411 e. The van der Waals surface area contributed by atoms with Crippen LogP contribution in [-0.4, -0.2) is 33.1 Å². The van der Waals surface area contributed by atoms with Gasteiger partial charge in [0, 0.05) is 11.1 Å². The predicted molar refractivity (Wildman–Crippen MR) is 125 cm³/mol. The Morgan fingerprint density at radius 2 is 1.00 bits per heavy atom. The molecular formula is C23H16Cl2F6N2O4. The fourth-order valence-electron chi connectivity index (χ4n) is 3.32. The third-order valence-corrected chi connectivity index (χ3v) is 5.52. The van der Waals surface area contributed by atoms with Gasteiger partial charge in [-0.1, -0.05) is 30.3 Å². The molecule has 0 bridgehead atoms. The number of phenols is 2. The minimum Gasteiger partial charge on any atom is -0.506 e. The summed E-state index contributed by atoms with van der Waals surface area (Å²) in [6, 6.07) is 8.97. The lowest BCUT2D eigenvalue weighted by atomic mass is 9.72. The van der Waals surface area contributed by atoms with Gasteiger partial charge in [0.1, 0.15) is 11.5 Å². The standard InChI is InChI=1S/C15H12F6N2O2.C8H4Cl2O2/c16-14(17,18)13(15(19,20)21,7-1-3-11(24)9(22)5-7)8-2-4-12(25)10(23)6-8;9-7(11)5-2-1-3-6(4-5)8(10)12/h1-6,24-25H,22-23H2;1-4H. The second kappa shape index (κ2) is 10.8. The van der Waals surface area contributed by atoms with E-state index in [1.807, 2.05) is 0 Å². The molecule has 198 valence electrons. The van der Waals surface area contributed by atoms with E-state index in [4.69, 9.17) is 34.7 Å². The van der Waals surface area contributed by atoms with Crippen molar-refractivity contribution >= 4 is 45.1 Å². The maximum Gasteiger partial charge on any atom is 0.411 e. The van der Waals surface area contributed by atoms with Gasteiger partial charge in [0.2, 0.25) is 5.41 Å². The van der Waals surface area contributed by atoms with Crippen molar-refractivity contribution in [2.24, 2.45) is 0 Å². The number of nitrogens with two attached hydrogens (primary N) is 2. The first-order chi connectivity index (χ1) is 16.9. The molecule has 0 radical (unpaired) electrons. The number of nitrogen functional groups attached to an aromatic ring is 2. The van der Waals surface area contributed by atoms with Gasteiger partial charge in [-0.15, -0.1) is 0 Å². The fourth-order valence-corrected chi connectivity index (χ4v) is 3.56. The number of carbonyl (C=O) groups is 2. The Bertz CT molecular complexity index is 1230. The van der Waals surface area contributed by atoms with Gasteiger partial charge in [-0.2, -0.15) is 26.3 Å². The minimum atomic E-state index is -5.82. The monoisotopic (exact) mass is 568 g/mol. The Hall–Kier alpha value is -3.64. The summed E-state index contributed by atoms with van der Waals surface area (Å²) >= 11 is 10.4. The minimum absolute atomic E-state index is 0.267. The molecule has 0 aromatic heterocycles. The predicted octanol–water partition coefficient (Wildman–Crippen LogP) is 6.12. The van der Waals surface area contributed by atoms with Gasteiger partial charge in [0.25, 0.3) is 10.5 Å². The van der Waals surface area contributed by atoms with Gasteiger partial charge >= 0.3 is 12.4 Å². The van der Waals surface area contributed by atoms with Crippen molar-refractivity contribution in [2.45, 2.75) is 17.8 Å². The average molecular weight is 569 g/mol. The molecule has 3 rings (SSSR count). The van der Waals surface area contributed by atoms with E-state index in [9.17, 15) is 46.1 Å². The molecular weight excluding hydrogens is 553 g/mol. The van der Waals surface area contributed by atoms with Gasteiger partial charge in [-0.3, -0.25) is 9.59 Å². The highest BCUT2D eigenvalue weighted by atomic mass is 35.5. The summed E-state index contributed by atoms with van der Waals surface area (Å²) in [5.41, 5.74) is 2.87. The van der Waals surface area contributed by atoms with Crippen LogP contribution in [0.3, 0.4) is 0 Å². The molecule has 0 heterocycles. The van der Waals surface area contributed by atoms with E-state index in [-0.39, 0.29) is 11.1 Å². The largest absolute Gasteiger partial charge is 0.506 e. The van der Waals surface area contributed by atoms with Crippen LogP contribution in [0.25, 0.3) is 0 Å².